The van der Waals surface area contributed by atoms with Gasteiger partial charge in [-0.25, -0.2) is 10.2 Å². The maximum atomic E-state index is 12.4. The van der Waals surface area contributed by atoms with Gasteiger partial charge in [0.2, 0.25) is 0 Å². The van der Waals surface area contributed by atoms with Crippen LogP contribution in [0.25, 0.3) is 0 Å². The van der Waals surface area contributed by atoms with Gasteiger partial charge in [-0.15, -0.1) is 0 Å². The Morgan fingerprint density at radius 1 is 1.03 bits per heavy atom. The fourth-order valence-electron chi connectivity index (χ4n) is 2.90. The lowest BCUT2D eigenvalue weighted by atomic mass is 10.2. The van der Waals surface area contributed by atoms with Gasteiger partial charge in [0.05, 0.1) is 23.3 Å². The molecular formula is C25H23N3O7. The summed E-state index contributed by atoms with van der Waals surface area (Å²) in [5.41, 5.74) is 4.01. The number of non-ortho nitro benzene ring substituents is 1. The Balaban J connectivity index is 1.60. The average molecular weight is 477 g/mol. The third kappa shape index (κ3) is 7.39. The van der Waals surface area contributed by atoms with Crippen molar-refractivity contribution < 1.29 is 28.7 Å². The molecule has 10 heteroatoms. The molecule has 0 spiro atoms. The molecule has 0 saturated carbocycles. The van der Waals surface area contributed by atoms with Gasteiger partial charge in [-0.3, -0.25) is 14.9 Å². The van der Waals surface area contributed by atoms with Gasteiger partial charge in [0.1, 0.15) is 5.75 Å². The van der Waals surface area contributed by atoms with E-state index in [1.54, 1.807) is 25.1 Å². The summed E-state index contributed by atoms with van der Waals surface area (Å²) >= 11 is 0. The summed E-state index contributed by atoms with van der Waals surface area (Å²) in [4.78, 5) is 34.6. The number of carbonyl (C=O) groups excluding carboxylic acids is 2. The number of benzene rings is 3. The molecular weight excluding hydrogens is 454 g/mol. The number of hydrogen-bond donors (Lipinski definition) is 1. The van der Waals surface area contributed by atoms with E-state index in [-0.39, 0.29) is 23.6 Å². The minimum atomic E-state index is -0.692. The molecule has 0 aliphatic heterocycles. The van der Waals surface area contributed by atoms with Crippen LogP contribution in [0.3, 0.4) is 0 Å². The van der Waals surface area contributed by atoms with Crippen LogP contribution in [0.4, 0.5) is 5.69 Å². The van der Waals surface area contributed by atoms with E-state index in [1.807, 2.05) is 25.1 Å². The molecule has 0 aliphatic rings. The Hall–Kier alpha value is -4.73. The maximum absolute atomic E-state index is 12.4. The zero-order valence-corrected chi connectivity index (χ0v) is 19.1. The van der Waals surface area contributed by atoms with E-state index in [1.165, 1.54) is 36.5 Å². The van der Waals surface area contributed by atoms with Gasteiger partial charge >= 0.3 is 5.97 Å². The third-order valence-electron chi connectivity index (χ3n) is 4.55. The largest absolute Gasteiger partial charge is 0.490 e. The Kier molecular flexibility index (Phi) is 8.49. The number of amides is 1. The summed E-state index contributed by atoms with van der Waals surface area (Å²) in [7, 11) is 0. The number of ether oxygens (including phenoxy) is 3. The minimum Gasteiger partial charge on any atom is -0.490 e. The second-order valence-electron chi connectivity index (χ2n) is 7.23. The highest BCUT2D eigenvalue weighted by molar-refractivity contribution is 5.92. The number of hydrazone groups is 1. The fraction of sp³-hybridized carbons (Fsp3) is 0.160. The molecule has 0 heterocycles. The number of carbonyl (C=O) groups is 2. The molecule has 0 atom stereocenters. The van der Waals surface area contributed by atoms with E-state index in [0.717, 1.165) is 5.56 Å². The molecule has 10 nitrogen and oxygen atoms in total. The van der Waals surface area contributed by atoms with Crippen molar-refractivity contribution in [2.75, 3.05) is 13.2 Å². The van der Waals surface area contributed by atoms with E-state index < -0.39 is 16.8 Å². The average Bonchev–Trinajstić information content (AvgIpc) is 2.84. The van der Waals surface area contributed by atoms with Gasteiger partial charge in [0.25, 0.3) is 11.6 Å². The lowest BCUT2D eigenvalue weighted by Gasteiger charge is -2.11. The molecule has 0 radical (unpaired) electrons. The first-order chi connectivity index (χ1) is 16.9. The lowest BCUT2D eigenvalue weighted by molar-refractivity contribution is -0.384. The zero-order valence-electron chi connectivity index (χ0n) is 19.1. The van der Waals surface area contributed by atoms with E-state index >= 15 is 0 Å². The van der Waals surface area contributed by atoms with E-state index in [9.17, 15) is 19.7 Å². The smallest absolute Gasteiger partial charge is 0.343 e. The van der Waals surface area contributed by atoms with Gasteiger partial charge in [0.15, 0.2) is 18.1 Å². The van der Waals surface area contributed by atoms with Gasteiger partial charge in [-0.1, -0.05) is 12.1 Å². The van der Waals surface area contributed by atoms with Crippen molar-refractivity contribution in [3.05, 3.63) is 93.5 Å². The van der Waals surface area contributed by atoms with Crippen molar-refractivity contribution in [1.82, 2.24) is 5.43 Å². The molecule has 3 aromatic rings. The van der Waals surface area contributed by atoms with Crippen molar-refractivity contribution >= 4 is 23.8 Å². The summed E-state index contributed by atoms with van der Waals surface area (Å²) in [5.74, 6) is -0.0716. The van der Waals surface area contributed by atoms with Crippen molar-refractivity contribution in [3.8, 4) is 17.2 Å². The van der Waals surface area contributed by atoms with E-state index in [4.69, 9.17) is 14.2 Å². The van der Waals surface area contributed by atoms with Gasteiger partial charge in [0, 0.05) is 12.1 Å². The highest BCUT2D eigenvalue weighted by Crippen LogP contribution is 2.29. The molecule has 0 bridgehead atoms. The second-order valence-corrected chi connectivity index (χ2v) is 7.23. The maximum Gasteiger partial charge on any atom is 0.343 e. The molecule has 0 unspecified atom stereocenters. The van der Waals surface area contributed by atoms with Crippen molar-refractivity contribution in [2.45, 2.75) is 13.8 Å². The topological polar surface area (TPSA) is 129 Å². The molecule has 1 N–H and O–H groups in total. The van der Waals surface area contributed by atoms with Crippen LogP contribution in [-0.2, 0) is 4.79 Å². The van der Waals surface area contributed by atoms with E-state index in [0.29, 0.717) is 23.7 Å². The molecule has 0 saturated heterocycles. The Bertz CT molecular complexity index is 1240. The molecule has 3 aromatic carbocycles. The molecule has 0 aliphatic carbocycles. The number of nitrogens with zero attached hydrogens (tertiary/aromatic N) is 2. The molecule has 3 rings (SSSR count). The van der Waals surface area contributed by atoms with Crippen LogP contribution in [0.15, 0.2) is 71.8 Å². The summed E-state index contributed by atoms with van der Waals surface area (Å²) in [6.07, 6.45) is 1.41. The SMILES string of the molecule is CCOc1cc(/C=N\NC(=O)COc2cccc(C)c2)ccc1OC(=O)c1ccc([N+](=O)[O-])cc1. The summed E-state index contributed by atoms with van der Waals surface area (Å²) < 4.78 is 16.4. The van der Waals surface area contributed by atoms with Crippen molar-refractivity contribution in [2.24, 2.45) is 5.10 Å². The Labute approximate surface area is 201 Å². The van der Waals surface area contributed by atoms with Crippen LogP contribution in [0, 0.1) is 17.0 Å². The standard InChI is InChI=1S/C25H23N3O7/c1-3-33-23-14-18(15-26-27-24(29)16-34-21-6-4-5-17(2)13-21)7-12-22(23)35-25(30)19-8-10-20(11-9-19)28(31)32/h4-15H,3,16H2,1-2H3,(H,27,29)/b26-15-. The number of hydrogen-bond acceptors (Lipinski definition) is 8. The van der Waals surface area contributed by atoms with Crippen LogP contribution in [0.5, 0.6) is 17.2 Å². The fourth-order valence-corrected chi connectivity index (χ4v) is 2.90. The number of nitro benzene ring substituents is 1. The van der Waals surface area contributed by atoms with Crippen molar-refractivity contribution in [1.29, 1.82) is 0 Å². The van der Waals surface area contributed by atoms with Crippen LogP contribution in [0.1, 0.15) is 28.4 Å². The summed E-state index contributed by atoms with van der Waals surface area (Å²) in [6, 6.07) is 17.2. The number of aryl methyl sites for hydroxylation is 1. The quantitative estimate of drug-likeness (QED) is 0.153. The first kappa shape index (κ1) is 24.9. The van der Waals surface area contributed by atoms with Crippen LogP contribution in [-0.4, -0.2) is 36.2 Å². The Morgan fingerprint density at radius 3 is 2.49 bits per heavy atom. The second kappa shape index (κ2) is 11.9. The van der Waals surface area contributed by atoms with Gasteiger partial charge < -0.3 is 14.2 Å². The van der Waals surface area contributed by atoms with Crippen LogP contribution >= 0.6 is 0 Å². The number of nitrogens with one attached hydrogen (secondary N) is 1. The highest BCUT2D eigenvalue weighted by Gasteiger charge is 2.15. The number of nitro groups is 1. The highest BCUT2D eigenvalue weighted by atomic mass is 16.6. The Morgan fingerprint density at radius 2 is 1.80 bits per heavy atom. The van der Waals surface area contributed by atoms with Gasteiger partial charge in [-0.2, -0.15) is 5.10 Å². The van der Waals surface area contributed by atoms with Crippen LogP contribution < -0.4 is 19.6 Å². The van der Waals surface area contributed by atoms with E-state index in [2.05, 4.69) is 10.5 Å². The lowest BCUT2D eigenvalue weighted by Crippen LogP contribution is -2.24. The van der Waals surface area contributed by atoms with Crippen LogP contribution in [0.2, 0.25) is 0 Å². The zero-order chi connectivity index (χ0) is 25.2. The predicted molar refractivity (Wildman–Crippen MR) is 128 cm³/mol. The monoisotopic (exact) mass is 477 g/mol. The molecule has 0 fully saturated rings. The summed E-state index contributed by atoms with van der Waals surface area (Å²) in [6.45, 7) is 3.82. The summed E-state index contributed by atoms with van der Waals surface area (Å²) in [5, 5.41) is 14.7. The number of esters is 1. The number of rotatable bonds is 10. The van der Waals surface area contributed by atoms with Crippen molar-refractivity contribution in [3.63, 3.8) is 0 Å². The molecule has 1 amide bonds. The molecule has 35 heavy (non-hydrogen) atoms. The predicted octanol–water partition coefficient (Wildman–Crippen LogP) is 4.05. The minimum absolute atomic E-state index is 0.131. The molecule has 0 aromatic heterocycles. The normalized spacial score (nSPS) is 10.6. The third-order valence-corrected chi connectivity index (χ3v) is 4.55. The first-order valence-electron chi connectivity index (χ1n) is 10.6. The first-order valence-corrected chi connectivity index (χ1v) is 10.6. The molecule has 180 valence electrons. The van der Waals surface area contributed by atoms with Gasteiger partial charge in [-0.05, 0) is 67.4 Å².